The summed E-state index contributed by atoms with van der Waals surface area (Å²) >= 11 is 0. The Bertz CT molecular complexity index is 423. The average Bonchev–Trinajstić information content (AvgIpc) is 2.16. The van der Waals surface area contributed by atoms with Gasteiger partial charge in [-0.05, 0) is 30.7 Å². The molecule has 14 heavy (non-hydrogen) atoms. The summed E-state index contributed by atoms with van der Waals surface area (Å²) in [6.07, 6.45) is 0.719. The molecule has 0 saturated carbocycles. The number of carbonyl (C=O) groups excluding carboxylic acids is 1. The van der Waals surface area contributed by atoms with E-state index in [1.807, 2.05) is 13.0 Å². The minimum atomic E-state index is -0.160. The molecule has 72 valence electrons. The predicted octanol–water partition coefficient (Wildman–Crippen LogP) is 1.13. The summed E-state index contributed by atoms with van der Waals surface area (Å²) in [5, 5.41) is 0. The summed E-state index contributed by atoms with van der Waals surface area (Å²) < 4.78 is 0. The molecule has 4 heteroatoms. The first kappa shape index (κ1) is 8.90. The number of nitrogen functional groups attached to an aromatic ring is 1. The van der Waals surface area contributed by atoms with Crippen molar-refractivity contribution in [2.45, 2.75) is 13.3 Å². The SMILES string of the molecule is CC1=NC(=O)c2ccc(NN)cc2C1. The number of hydrogen-bond acceptors (Lipinski definition) is 3. The second-order valence-electron chi connectivity index (χ2n) is 3.35. The summed E-state index contributed by atoms with van der Waals surface area (Å²) in [7, 11) is 0. The standard InChI is InChI=1S/C10H11N3O/c1-6-4-7-5-8(13-11)2-3-9(7)10(14)12-6/h2-3,5,13H,4,11H2,1H3. The van der Waals surface area contributed by atoms with E-state index in [1.54, 1.807) is 12.1 Å². The maximum atomic E-state index is 11.5. The van der Waals surface area contributed by atoms with Crippen LogP contribution >= 0.6 is 0 Å². The molecule has 0 bridgehead atoms. The molecule has 0 saturated heterocycles. The molecule has 1 aliphatic heterocycles. The van der Waals surface area contributed by atoms with E-state index < -0.39 is 0 Å². The summed E-state index contributed by atoms with van der Waals surface area (Å²) in [6.45, 7) is 1.85. The van der Waals surface area contributed by atoms with Gasteiger partial charge in [-0.1, -0.05) is 0 Å². The Morgan fingerprint density at radius 1 is 1.50 bits per heavy atom. The van der Waals surface area contributed by atoms with Gasteiger partial charge in [-0.3, -0.25) is 10.6 Å². The number of nitrogens with zero attached hydrogens (tertiary/aromatic N) is 1. The Morgan fingerprint density at radius 3 is 3.00 bits per heavy atom. The molecule has 2 rings (SSSR count). The van der Waals surface area contributed by atoms with Crippen molar-refractivity contribution in [3.8, 4) is 0 Å². The van der Waals surface area contributed by atoms with Crippen molar-refractivity contribution in [1.82, 2.24) is 0 Å². The van der Waals surface area contributed by atoms with E-state index in [9.17, 15) is 4.79 Å². The number of anilines is 1. The molecular formula is C10H11N3O. The van der Waals surface area contributed by atoms with Crippen LogP contribution in [0.1, 0.15) is 22.8 Å². The van der Waals surface area contributed by atoms with Crippen molar-refractivity contribution in [3.05, 3.63) is 29.3 Å². The van der Waals surface area contributed by atoms with Crippen molar-refractivity contribution >= 4 is 17.3 Å². The van der Waals surface area contributed by atoms with Crippen molar-refractivity contribution in [2.24, 2.45) is 10.8 Å². The molecule has 4 nitrogen and oxygen atoms in total. The number of carbonyl (C=O) groups is 1. The highest BCUT2D eigenvalue weighted by Gasteiger charge is 2.16. The lowest BCUT2D eigenvalue weighted by Crippen LogP contribution is -2.15. The number of hydrazine groups is 1. The maximum Gasteiger partial charge on any atom is 0.277 e. The molecule has 3 N–H and O–H groups in total. The number of hydrogen-bond donors (Lipinski definition) is 2. The Morgan fingerprint density at radius 2 is 2.29 bits per heavy atom. The van der Waals surface area contributed by atoms with E-state index >= 15 is 0 Å². The summed E-state index contributed by atoms with van der Waals surface area (Å²) in [4.78, 5) is 15.4. The molecule has 1 amide bonds. The third-order valence-electron chi connectivity index (χ3n) is 2.24. The highest BCUT2D eigenvalue weighted by molar-refractivity contribution is 6.08. The number of nitrogens with two attached hydrogens (primary N) is 1. The van der Waals surface area contributed by atoms with Gasteiger partial charge in [0.2, 0.25) is 0 Å². The van der Waals surface area contributed by atoms with E-state index in [2.05, 4.69) is 10.4 Å². The Balaban J connectivity index is 2.49. The zero-order valence-corrected chi connectivity index (χ0v) is 7.87. The van der Waals surface area contributed by atoms with Gasteiger partial charge in [0.15, 0.2) is 0 Å². The smallest absolute Gasteiger partial charge is 0.277 e. The fourth-order valence-corrected chi connectivity index (χ4v) is 1.59. The van der Waals surface area contributed by atoms with Gasteiger partial charge in [0, 0.05) is 23.4 Å². The van der Waals surface area contributed by atoms with Crippen molar-refractivity contribution in [3.63, 3.8) is 0 Å². The van der Waals surface area contributed by atoms with E-state index in [-0.39, 0.29) is 5.91 Å². The zero-order chi connectivity index (χ0) is 10.1. The van der Waals surface area contributed by atoms with E-state index in [1.165, 1.54) is 0 Å². The van der Waals surface area contributed by atoms with Crippen LogP contribution in [0.2, 0.25) is 0 Å². The van der Waals surface area contributed by atoms with Crippen LogP contribution in [0, 0.1) is 0 Å². The molecule has 0 radical (unpaired) electrons. The van der Waals surface area contributed by atoms with Crippen LogP contribution in [-0.2, 0) is 6.42 Å². The largest absolute Gasteiger partial charge is 0.324 e. The minimum Gasteiger partial charge on any atom is -0.324 e. The molecule has 0 aromatic heterocycles. The van der Waals surface area contributed by atoms with Gasteiger partial charge < -0.3 is 5.43 Å². The number of nitrogens with one attached hydrogen (secondary N) is 1. The first-order valence-electron chi connectivity index (χ1n) is 4.39. The van der Waals surface area contributed by atoms with Gasteiger partial charge in [0.1, 0.15) is 0 Å². The first-order chi connectivity index (χ1) is 6.70. The summed E-state index contributed by atoms with van der Waals surface area (Å²) in [5.74, 6) is 5.13. The van der Waals surface area contributed by atoms with Crippen LogP contribution < -0.4 is 11.3 Å². The van der Waals surface area contributed by atoms with E-state index in [4.69, 9.17) is 5.84 Å². The lowest BCUT2D eigenvalue weighted by atomic mass is 9.98. The fourth-order valence-electron chi connectivity index (χ4n) is 1.59. The minimum absolute atomic E-state index is 0.160. The molecule has 1 aromatic rings. The third kappa shape index (κ3) is 1.40. The number of benzene rings is 1. The molecule has 0 aliphatic carbocycles. The third-order valence-corrected chi connectivity index (χ3v) is 2.24. The maximum absolute atomic E-state index is 11.5. The predicted molar refractivity (Wildman–Crippen MR) is 55.4 cm³/mol. The fraction of sp³-hybridized carbons (Fsp3) is 0.200. The lowest BCUT2D eigenvalue weighted by molar-refractivity contribution is 0.1000. The van der Waals surface area contributed by atoms with E-state index in [0.717, 1.165) is 23.4 Å². The Hall–Kier alpha value is -1.68. The first-order valence-corrected chi connectivity index (χ1v) is 4.39. The summed E-state index contributed by atoms with van der Waals surface area (Å²) in [6, 6.07) is 5.40. The second kappa shape index (κ2) is 3.23. The van der Waals surface area contributed by atoms with Gasteiger partial charge in [-0.2, -0.15) is 0 Å². The topological polar surface area (TPSA) is 67.5 Å². The van der Waals surface area contributed by atoms with Crippen LogP contribution in [-0.4, -0.2) is 11.6 Å². The van der Waals surface area contributed by atoms with Crippen molar-refractivity contribution in [1.29, 1.82) is 0 Å². The Kier molecular flexibility index (Phi) is 2.05. The molecule has 1 aliphatic rings. The molecule has 0 atom stereocenters. The quantitative estimate of drug-likeness (QED) is 0.514. The number of fused-ring (bicyclic) bond motifs is 1. The van der Waals surface area contributed by atoms with Crippen molar-refractivity contribution in [2.75, 3.05) is 5.43 Å². The monoisotopic (exact) mass is 189 g/mol. The van der Waals surface area contributed by atoms with Crippen LogP contribution in [0.15, 0.2) is 23.2 Å². The van der Waals surface area contributed by atoms with Crippen LogP contribution in [0.3, 0.4) is 0 Å². The zero-order valence-electron chi connectivity index (χ0n) is 7.87. The highest BCUT2D eigenvalue weighted by Crippen LogP contribution is 2.20. The molecule has 0 unspecified atom stereocenters. The van der Waals surface area contributed by atoms with Gasteiger partial charge in [-0.25, -0.2) is 4.99 Å². The van der Waals surface area contributed by atoms with Crippen LogP contribution in [0.4, 0.5) is 5.69 Å². The van der Waals surface area contributed by atoms with Gasteiger partial charge in [0.25, 0.3) is 5.91 Å². The van der Waals surface area contributed by atoms with Crippen molar-refractivity contribution < 1.29 is 4.79 Å². The second-order valence-corrected chi connectivity index (χ2v) is 3.35. The molecule has 1 heterocycles. The molecule has 1 aromatic carbocycles. The average molecular weight is 189 g/mol. The van der Waals surface area contributed by atoms with Gasteiger partial charge in [-0.15, -0.1) is 0 Å². The molecule has 0 fully saturated rings. The molecular weight excluding hydrogens is 178 g/mol. The highest BCUT2D eigenvalue weighted by atomic mass is 16.1. The van der Waals surface area contributed by atoms with Crippen LogP contribution in [0.5, 0.6) is 0 Å². The molecule has 0 spiro atoms. The van der Waals surface area contributed by atoms with Gasteiger partial charge >= 0.3 is 0 Å². The summed E-state index contributed by atoms with van der Waals surface area (Å²) in [5.41, 5.74) is 5.87. The van der Waals surface area contributed by atoms with E-state index in [0.29, 0.717) is 5.56 Å². The lowest BCUT2D eigenvalue weighted by Gasteiger charge is -2.13. The number of amides is 1. The Labute approximate surface area is 81.8 Å². The number of aliphatic imine (C=N–C) groups is 1. The number of rotatable bonds is 1. The normalized spacial score (nSPS) is 14.7. The van der Waals surface area contributed by atoms with Gasteiger partial charge in [0.05, 0.1) is 0 Å². The van der Waals surface area contributed by atoms with Crippen LogP contribution in [0.25, 0.3) is 0 Å².